The fourth-order valence-electron chi connectivity index (χ4n) is 5.57. The molecule has 0 saturated carbocycles. The second-order valence-corrected chi connectivity index (χ2v) is 10.9. The Balaban J connectivity index is 1.28. The van der Waals surface area contributed by atoms with Gasteiger partial charge in [-0.05, 0) is 40.0 Å². The lowest BCUT2D eigenvalue weighted by Gasteiger charge is -2.28. The second kappa shape index (κ2) is 11.7. The average Bonchev–Trinajstić information content (AvgIpc) is 3.71. The highest BCUT2D eigenvalue weighted by molar-refractivity contribution is 9.10. The minimum absolute atomic E-state index is 0.0294. The molecule has 41 heavy (non-hydrogen) atoms. The summed E-state index contributed by atoms with van der Waals surface area (Å²) >= 11 is 3.71. The number of aliphatic imine (C=N–C) groups is 1. The van der Waals surface area contributed by atoms with E-state index in [9.17, 15) is 4.79 Å². The summed E-state index contributed by atoms with van der Waals surface area (Å²) < 4.78 is 9.73. The number of amides is 2. The predicted molar refractivity (Wildman–Crippen MR) is 162 cm³/mol. The molecule has 4 heterocycles. The summed E-state index contributed by atoms with van der Waals surface area (Å²) in [6.07, 6.45) is 8.30. The maximum Gasteiger partial charge on any atom is 0.320 e. The van der Waals surface area contributed by atoms with E-state index >= 15 is 0 Å². The Morgan fingerprint density at radius 3 is 2.54 bits per heavy atom. The summed E-state index contributed by atoms with van der Waals surface area (Å²) in [6, 6.07) is 19.6. The molecule has 1 unspecified atom stereocenters. The van der Waals surface area contributed by atoms with E-state index in [1.54, 1.807) is 28.9 Å². The molecular formula is C30H31BrN8O2. The SMILES string of the molecule is COC1=NC=CCC1N1C[C@@H](NC(=O)Nc2c(Br)c(-c3cnn(C)c3)nn2-c2ccccc2)[C@H](c2ccccc2)C1. The zero-order chi connectivity index (χ0) is 28.3. The van der Waals surface area contributed by atoms with E-state index in [1.807, 2.05) is 61.8 Å². The van der Waals surface area contributed by atoms with Gasteiger partial charge in [-0.1, -0.05) is 54.6 Å². The normalized spacial score (nSPS) is 20.6. The zero-order valence-corrected chi connectivity index (χ0v) is 24.4. The van der Waals surface area contributed by atoms with E-state index in [4.69, 9.17) is 9.84 Å². The molecule has 0 bridgehead atoms. The fraction of sp³-hybridized carbons (Fsp3) is 0.267. The van der Waals surface area contributed by atoms with Crippen LogP contribution in [0.15, 0.2) is 94.8 Å². The molecule has 3 atom stereocenters. The second-order valence-electron chi connectivity index (χ2n) is 10.1. The number of carbonyl (C=O) groups is 1. The number of halogens is 1. The van der Waals surface area contributed by atoms with Crippen LogP contribution >= 0.6 is 15.9 Å². The monoisotopic (exact) mass is 614 g/mol. The van der Waals surface area contributed by atoms with Crippen LogP contribution in [0.2, 0.25) is 0 Å². The highest BCUT2D eigenvalue weighted by Crippen LogP contribution is 2.36. The van der Waals surface area contributed by atoms with Crippen molar-refractivity contribution in [1.29, 1.82) is 0 Å². The molecule has 0 radical (unpaired) electrons. The Kier molecular flexibility index (Phi) is 7.71. The molecule has 2 aliphatic heterocycles. The van der Waals surface area contributed by atoms with Crippen molar-refractivity contribution >= 4 is 33.7 Å². The lowest BCUT2D eigenvalue weighted by Crippen LogP contribution is -2.45. The largest absolute Gasteiger partial charge is 0.483 e. The maximum atomic E-state index is 13.7. The summed E-state index contributed by atoms with van der Waals surface area (Å²) in [5, 5.41) is 15.5. The van der Waals surface area contributed by atoms with Crippen LogP contribution < -0.4 is 10.6 Å². The zero-order valence-electron chi connectivity index (χ0n) is 22.8. The number of hydrogen-bond donors (Lipinski definition) is 2. The first-order valence-corrected chi connectivity index (χ1v) is 14.3. The predicted octanol–water partition coefficient (Wildman–Crippen LogP) is 4.96. The standard InChI is InChI=1S/C30H31BrN8O2/c1-37-17-21(16-33-37)27-26(31)28(39(36-27)22-12-7-4-8-13-22)35-30(40)34-24-19-38(25-14-9-15-32-29(25)41-2)18-23(24)20-10-5-3-6-11-20/h3-13,15-17,23-25H,14,18-19H2,1-2H3,(H2,34,35,40)/t23-,24+,25?/m0/s1. The van der Waals surface area contributed by atoms with Crippen LogP contribution in [0.25, 0.3) is 16.9 Å². The van der Waals surface area contributed by atoms with E-state index < -0.39 is 0 Å². The minimum Gasteiger partial charge on any atom is -0.483 e. The molecule has 2 N–H and O–H groups in total. The minimum atomic E-state index is -0.308. The summed E-state index contributed by atoms with van der Waals surface area (Å²) in [6.45, 7) is 1.43. The van der Waals surface area contributed by atoms with Crippen molar-refractivity contribution in [1.82, 2.24) is 29.8 Å². The average molecular weight is 616 g/mol. The molecule has 1 fully saturated rings. The molecular weight excluding hydrogens is 584 g/mol. The number of hydrogen-bond acceptors (Lipinski definition) is 6. The molecule has 6 rings (SSSR count). The summed E-state index contributed by atoms with van der Waals surface area (Å²) in [4.78, 5) is 20.4. The molecule has 0 aliphatic carbocycles. The number of aromatic nitrogens is 4. The quantitative estimate of drug-likeness (QED) is 0.320. The van der Waals surface area contributed by atoms with Gasteiger partial charge in [-0.3, -0.25) is 14.9 Å². The molecule has 2 amide bonds. The highest BCUT2D eigenvalue weighted by atomic mass is 79.9. The molecule has 2 aromatic carbocycles. The van der Waals surface area contributed by atoms with E-state index in [2.05, 4.69) is 59.8 Å². The topological polar surface area (TPSA) is 102 Å². The van der Waals surface area contributed by atoms with Gasteiger partial charge in [-0.15, -0.1) is 0 Å². The van der Waals surface area contributed by atoms with Crippen LogP contribution in [-0.2, 0) is 11.8 Å². The Labute approximate surface area is 246 Å². The lowest BCUT2D eigenvalue weighted by molar-refractivity contribution is 0.239. The third-order valence-electron chi connectivity index (χ3n) is 7.53. The van der Waals surface area contributed by atoms with Crippen molar-refractivity contribution in [3.05, 3.63) is 95.4 Å². The Bertz CT molecular complexity index is 1580. The van der Waals surface area contributed by atoms with Gasteiger partial charge in [0.05, 0.1) is 35.6 Å². The number of benzene rings is 2. The van der Waals surface area contributed by atoms with Crippen molar-refractivity contribution in [2.24, 2.45) is 12.0 Å². The third kappa shape index (κ3) is 5.55. The van der Waals surface area contributed by atoms with Crippen LogP contribution in [0.4, 0.5) is 10.6 Å². The molecule has 2 aromatic heterocycles. The Hall–Kier alpha value is -4.22. The first-order valence-electron chi connectivity index (χ1n) is 13.5. The van der Waals surface area contributed by atoms with Gasteiger partial charge in [0.15, 0.2) is 5.82 Å². The molecule has 0 spiro atoms. The number of likely N-dealkylation sites (tertiary alicyclic amines) is 1. The molecule has 210 valence electrons. The van der Waals surface area contributed by atoms with E-state index in [0.717, 1.165) is 24.2 Å². The summed E-state index contributed by atoms with van der Waals surface area (Å²) in [7, 11) is 3.52. The van der Waals surface area contributed by atoms with Gasteiger partial charge in [-0.25, -0.2) is 14.5 Å². The molecule has 2 aliphatic rings. The molecule has 10 nitrogen and oxygen atoms in total. The van der Waals surface area contributed by atoms with Crippen LogP contribution in [0.3, 0.4) is 0 Å². The van der Waals surface area contributed by atoms with Gasteiger partial charge >= 0.3 is 6.03 Å². The van der Waals surface area contributed by atoms with Crippen LogP contribution in [-0.4, -0.2) is 68.7 Å². The van der Waals surface area contributed by atoms with Crippen LogP contribution in [0, 0.1) is 0 Å². The number of carbonyl (C=O) groups excluding carboxylic acids is 1. The molecule has 4 aromatic rings. The van der Waals surface area contributed by atoms with E-state index in [1.165, 1.54) is 5.56 Å². The first-order chi connectivity index (χ1) is 20.0. The summed E-state index contributed by atoms with van der Waals surface area (Å²) in [5.41, 5.74) is 3.52. The maximum absolute atomic E-state index is 13.7. The van der Waals surface area contributed by atoms with Crippen molar-refractivity contribution in [3.8, 4) is 16.9 Å². The van der Waals surface area contributed by atoms with E-state index in [-0.39, 0.29) is 24.0 Å². The highest BCUT2D eigenvalue weighted by Gasteiger charge is 2.40. The number of rotatable bonds is 6. The number of nitrogens with zero attached hydrogens (tertiary/aromatic N) is 6. The number of anilines is 1. The number of nitrogens with one attached hydrogen (secondary N) is 2. The van der Waals surface area contributed by atoms with E-state index in [0.29, 0.717) is 28.4 Å². The first kappa shape index (κ1) is 27.0. The van der Waals surface area contributed by atoms with Gasteiger partial charge < -0.3 is 10.1 Å². The van der Waals surface area contributed by atoms with Crippen molar-refractivity contribution in [3.63, 3.8) is 0 Å². The van der Waals surface area contributed by atoms with Gasteiger partial charge in [0.2, 0.25) is 5.90 Å². The number of para-hydroxylation sites is 1. The number of ether oxygens (including phenoxy) is 1. The lowest BCUT2D eigenvalue weighted by atomic mass is 9.94. The van der Waals surface area contributed by atoms with Crippen molar-refractivity contribution < 1.29 is 9.53 Å². The van der Waals surface area contributed by atoms with Crippen molar-refractivity contribution in [2.45, 2.75) is 24.4 Å². The molecule has 11 heteroatoms. The fourth-order valence-corrected chi connectivity index (χ4v) is 6.15. The Morgan fingerprint density at radius 2 is 1.83 bits per heavy atom. The van der Waals surface area contributed by atoms with Gasteiger partial charge in [0, 0.05) is 44.0 Å². The number of aryl methyl sites for hydroxylation is 1. The van der Waals surface area contributed by atoms with Crippen LogP contribution in [0.5, 0.6) is 0 Å². The smallest absolute Gasteiger partial charge is 0.320 e. The van der Waals surface area contributed by atoms with Crippen LogP contribution in [0.1, 0.15) is 17.9 Å². The number of methoxy groups -OCH3 is 1. The Morgan fingerprint density at radius 1 is 1.07 bits per heavy atom. The van der Waals surface area contributed by atoms with Gasteiger partial charge in [0.1, 0.15) is 5.69 Å². The molecule has 1 saturated heterocycles. The van der Waals surface area contributed by atoms with Gasteiger partial charge in [0.25, 0.3) is 0 Å². The third-order valence-corrected chi connectivity index (χ3v) is 8.28. The van der Waals surface area contributed by atoms with Crippen molar-refractivity contribution in [2.75, 3.05) is 25.5 Å². The summed E-state index contributed by atoms with van der Waals surface area (Å²) in [5.74, 6) is 1.33. The number of urea groups is 1. The van der Waals surface area contributed by atoms with Gasteiger partial charge in [-0.2, -0.15) is 10.2 Å².